The molecule has 0 spiro atoms. The summed E-state index contributed by atoms with van der Waals surface area (Å²) in [6.45, 7) is 0.734. The van der Waals surface area contributed by atoms with Crippen molar-refractivity contribution in [1.82, 2.24) is 0 Å². The number of hydrogen-bond donors (Lipinski definition) is 0. The molecule has 0 aromatic heterocycles. The zero-order valence-electron chi connectivity index (χ0n) is 10.2. The molecule has 0 aliphatic carbocycles. The second-order valence-corrected chi connectivity index (χ2v) is 4.48. The topological polar surface area (TPSA) is 21.6 Å². The molecule has 2 heteroatoms. The van der Waals surface area contributed by atoms with E-state index in [-0.39, 0.29) is 0 Å². The highest BCUT2D eigenvalue weighted by Gasteiger charge is 2.08. The lowest BCUT2D eigenvalue weighted by Crippen LogP contribution is -1.99. The van der Waals surface area contributed by atoms with E-state index < -0.39 is 0 Å². The van der Waals surface area contributed by atoms with Crippen molar-refractivity contribution >= 4 is 5.71 Å². The van der Waals surface area contributed by atoms with Gasteiger partial charge in [0.2, 0.25) is 0 Å². The molecule has 2 nitrogen and oxygen atoms in total. The van der Waals surface area contributed by atoms with Crippen LogP contribution in [0.25, 0.3) is 11.1 Å². The van der Waals surface area contributed by atoms with Gasteiger partial charge in [0, 0.05) is 12.8 Å². The van der Waals surface area contributed by atoms with E-state index in [1.54, 1.807) is 0 Å². The lowest BCUT2D eigenvalue weighted by molar-refractivity contribution is 0.173. The van der Waals surface area contributed by atoms with Crippen molar-refractivity contribution in [2.45, 2.75) is 12.8 Å². The maximum absolute atomic E-state index is 5.01. The molecule has 3 rings (SSSR count). The van der Waals surface area contributed by atoms with Crippen molar-refractivity contribution in [1.29, 1.82) is 0 Å². The van der Waals surface area contributed by atoms with Crippen molar-refractivity contribution in [3.8, 4) is 11.1 Å². The van der Waals surface area contributed by atoms with Crippen molar-refractivity contribution < 1.29 is 4.84 Å². The standard InChI is InChI=1S/C16H15NO/c1-2-4-14(5-3-1)15-8-6-13(7-9-15)12-16-10-11-18-17-16/h1-9H,10-12H2. The summed E-state index contributed by atoms with van der Waals surface area (Å²) in [6.07, 6.45) is 1.86. The first-order valence-electron chi connectivity index (χ1n) is 6.24. The van der Waals surface area contributed by atoms with E-state index >= 15 is 0 Å². The summed E-state index contributed by atoms with van der Waals surface area (Å²) in [5.41, 5.74) is 4.94. The van der Waals surface area contributed by atoms with Crippen LogP contribution in [0.4, 0.5) is 0 Å². The van der Waals surface area contributed by atoms with Crippen molar-refractivity contribution in [2.75, 3.05) is 6.61 Å². The highest BCUT2D eigenvalue weighted by atomic mass is 16.6. The van der Waals surface area contributed by atoms with E-state index in [4.69, 9.17) is 4.84 Å². The zero-order valence-corrected chi connectivity index (χ0v) is 10.2. The third-order valence-corrected chi connectivity index (χ3v) is 3.14. The van der Waals surface area contributed by atoms with E-state index in [9.17, 15) is 0 Å². The zero-order chi connectivity index (χ0) is 12.2. The van der Waals surface area contributed by atoms with Crippen LogP contribution in [-0.2, 0) is 11.3 Å². The fourth-order valence-electron chi connectivity index (χ4n) is 2.15. The molecular weight excluding hydrogens is 222 g/mol. The van der Waals surface area contributed by atoms with E-state index in [1.165, 1.54) is 16.7 Å². The van der Waals surface area contributed by atoms with Gasteiger partial charge < -0.3 is 4.84 Å². The molecule has 0 saturated carbocycles. The number of benzene rings is 2. The van der Waals surface area contributed by atoms with E-state index in [0.717, 1.165) is 25.2 Å². The monoisotopic (exact) mass is 237 g/mol. The molecule has 0 bridgehead atoms. The quantitative estimate of drug-likeness (QED) is 0.798. The van der Waals surface area contributed by atoms with E-state index in [1.807, 2.05) is 6.07 Å². The summed E-state index contributed by atoms with van der Waals surface area (Å²) < 4.78 is 0. The minimum Gasteiger partial charge on any atom is -0.395 e. The van der Waals surface area contributed by atoms with Gasteiger partial charge in [-0.25, -0.2) is 0 Å². The second-order valence-electron chi connectivity index (χ2n) is 4.48. The van der Waals surface area contributed by atoms with Crippen molar-refractivity contribution in [2.24, 2.45) is 5.16 Å². The average Bonchev–Trinajstić information content (AvgIpc) is 2.94. The normalized spacial score (nSPS) is 14.1. The highest BCUT2D eigenvalue weighted by Crippen LogP contribution is 2.20. The van der Waals surface area contributed by atoms with Gasteiger partial charge in [-0.15, -0.1) is 0 Å². The van der Waals surface area contributed by atoms with Gasteiger partial charge in [0.15, 0.2) is 0 Å². The Bertz CT molecular complexity index is 543. The SMILES string of the molecule is c1ccc(-c2ccc(CC3=NOCC3)cc2)cc1. The molecule has 1 heterocycles. The van der Waals surface area contributed by atoms with Crippen LogP contribution in [0.5, 0.6) is 0 Å². The summed E-state index contributed by atoms with van der Waals surface area (Å²) in [7, 11) is 0. The van der Waals surface area contributed by atoms with Crippen molar-refractivity contribution in [3.05, 3.63) is 60.2 Å². The van der Waals surface area contributed by atoms with Gasteiger partial charge in [-0.05, 0) is 16.7 Å². The Balaban J connectivity index is 1.77. The summed E-state index contributed by atoms with van der Waals surface area (Å²) in [5.74, 6) is 0. The Morgan fingerprint density at radius 1 is 0.889 bits per heavy atom. The van der Waals surface area contributed by atoms with E-state index in [0.29, 0.717) is 0 Å². The summed E-state index contributed by atoms with van der Waals surface area (Å²) in [6, 6.07) is 19.1. The number of oxime groups is 1. The molecule has 0 N–H and O–H groups in total. The summed E-state index contributed by atoms with van der Waals surface area (Å²) >= 11 is 0. The number of rotatable bonds is 3. The third-order valence-electron chi connectivity index (χ3n) is 3.14. The van der Waals surface area contributed by atoms with Crippen LogP contribution in [-0.4, -0.2) is 12.3 Å². The molecule has 0 atom stereocenters. The lowest BCUT2D eigenvalue weighted by atomic mass is 10.0. The molecule has 0 fully saturated rings. The molecular formula is C16H15NO. The van der Waals surface area contributed by atoms with Gasteiger partial charge >= 0.3 is 0 Å². The average molecular weight is 237 g/mol. The van der Waals surface area contributed by atoms with Gasteiger partial charge in [-0.1, -0.05) is 59.8 Å². The number of hydrogen-bond acceptors (Lipinski definition) is 2. The Morgan fingerprint density at radius 3 is 2.28 bits per heavy atom. The molecule has 2 aromatic rings. The highest BCUT2D eigenvalue weighted by molar-refractivity contribution is 5.87. The molecule has 0 radical (unpaired) electrons. The van der Waals surface area contributed by atoms with Gasteiger partial charge in [-0.3, -0.25) is 0 Å². The van der Waals surface area contributed by atoms with Crippen LogP contribution in [0.2, 0.25) is 0 Å². The first-order chi connectivity index (χ1) is 8.92. The fraction of sp³-hybridized carbons (Fsp3) is 0.188. The van der Waals surface area contributed by atoms with Gasteiger partial charge in [-0.2, -0.15) is 0 Å². The van der Waals surface area contributed by atoms with Gasteiger partial charge in [0.1, 0.15) is 6.61 Å². The Morgan fingerprint density at radius 2 is 1.61 bits per heavy atom. The molecule has 1 aliphatic rings. The molecule has 0 unspecified atom stereocenters. The fourth-order valence-corrected chi connectivity index (χ4v) is 2.15. The first-order valence-corrected chi connectivity index (χ1v) is 6.24. The minimum absolute atomic E-state index is 0.734. The largest absolute Gasteiger partial charge is 0.395 e. The second kappa shape index (κ2) is 5.05. The number of nitrogens with zero attached hydrogens (tertiary/aromatic N) is 1. The van der Waals surface area contributed by atoms with Gasteiger partial charge in [0.25, 0.3) is 0 Å². The minimum atomic E-state index is 0.734. The summed E-state index contributed by atoms with van der Waals surface area (Å²) in [4.78, 5) is 5.01. The van der Waals surface area contributed by atoms with Crippen LogP contribution in [0.1, 0.15) is 12.0 Å². The molecule has 0 amide bonds. The van der Waals surface area contributed by atoms with Crippen LogP contribution >= 0.6 is 0 Å². The Kier molecular flexibility index (Phi) is 3.09. The third kappa shape index (κ3) is 2.43. The van der Waals surface area contributed by atoms with Gasteiger partial charge in [0.05, 0.1) is 5.71 Å². The van der Waals surface area contributed by atoms with Crippen LogP contribution in [0, 0.1) is 0 Å². The maximum Gasteiger partial charge on any atom is 0.122 e. The first kappa shape index (κ1) is 11.0. The Labute approximate surface area is 107 Å². The molecule has 1 aliphatic heterocycles. The summed E-state index contributed by atoms with van der Waals surface area (Å²) in [5, 5.41) is 4.03. The predicted molar refractivity (Wildman–Crippen MR) is 73.6 cm³/mol. The Hall–Kier alpha value is -2.09. The lowest BCUT2D eigenvalue weighted by Gasteiger charge is -2.04. The molecule has 2 aromatic carbocycles. The van der Waals surface area contributed by atoms with Crippen LogP contribution in [0.3, 0.4) is 0 Å². The molecule has 18 heavy (non-hydrogen) atoms. The molecule has 0 saturated heterocycles. The van der Waals surface area contributed by atoms with Crippen molar-refractivity contribution in [3.63, 3.8) is 0 Å². The smallest absolute Gasteiger partial charge is 0.122 e. The molecule has 90 valence electrons. The predicted octanol–water partition coefficient (Wildman–Crippen LogP) is 3.67. The maximum atomic E-state index is 5.01. The van der Waals surface area contributed by atoms with E-state index in [2.05, 4.69) is 53.7 Å². The van der Waals surface area contributed by atoms with Crippen LogP contribution in [0.15, 0.2) is 59.8 Å². The van der Waals surface area contributed by atoms with Crippen LogP contribution < -0.4 is 0 Å².